The van der Waals surface area contributed by atoms with E-state index in [0.29, 0.717) is 83.6 Å². The Morgan fingerprint density at radius 2 is 1.93 bits per heavy atom. The van der Waals surface area contributed by atoms with E-state index in [9.17, 15) is 9.59 Å². The van der Waals surface area contributed by atoms with Gasteiger partial charge in [-0.25, -0.2) is 14.8 Å². The van der Waals surface area contributed by atoms with E-state index < -0.39 is 5.60 Å². The van der Waals surface area contributed by atoms with Gasteiger partial charge >= 0.3 is 6.09 Å². The molecule has 3 aromatic rings. The molecule has 0 spiro atoms. The minimum atomic E-state index is -0.541. The topological polar surface area (TPSA) is 128 Å². The van der Waals surface area contributed by atoms with Crippen LogP contribution < -0.4 is 19.5 Å². The van der Waals surface area contributed by atoms with Crippen LogP contribution in [0.1, 0.15) is 63.2 Å². The summed E-state index contributed by atoms with van der Waals surface area (Å²) in [6, 6.07) is 3.67. The Balaban J connectivity index is 1.21. The number of carbonyl (C=O) groups excluding carboxylic acids is 2. The van der Waals surface area contributed by atoms with Crippen molar-refractivity contribution in [2.45, 2.75) is 64.5 Å². The lowest BCUT2D eigenvalue weighted by molar-refractivity contribution is 0.0199. The predicted octanol–water partition coefficient (Wildman–Crippen LogP) is 4.66. The molecule has 4 heterocycles. The zero-order chi connectivity index (χ0) is 27.9. The fourth-order valence-corrected chi connectivity index (χ4v) is 5.26. The highest BCUT2D eigenvalue weighted by atomic mass is 16.7. The quantitative estimate of drug-likeness (QED) is 0.454. The van der Waals surface area contributed by atoms with Crippen LogP contribution in [-0.4, -0.2) is 70.0 Å². The van der Waals surface area contributed by atoms with Crippen molar-refractivity contribution in [2.75, 3.05) is 26.5 Å². The van der Waals surface area contributed by atoms with Gasteiger partial charge in [-0.2, -0.15) is 0 Å². The van der Waals surface area contributed by atoms with Gasteiger partial charge in [-0.15, -0.1) is 0 Å². The highest BCUT2D eigenvalue weighted by Gasteiger charge is 2.30. The Labute approximate surface area is 232 Å². The van der Waals surface area contributed by atoms with E-state index in [1.807, 2.05) is 32.9 Å². The van der Waals surface area contributed by atoms with Crippen LogP contribution in [0.3, 0.4) is 0 Å². The standard InChI is InChI=1S/C29H35N5O6/c1-29(2,3)40-28(36)34-11-9-18(10-12-34)33-27(35)19-13-30-25-23(19)31-15-32-24(25)22-20(37-14-17-5-4-6-17)7-8-21-26(22)39-16-38-21/h7-8,13,15,17-18,30H,4-6,9-12,14,16H2,1-3H3,(H,33,35). The number of rotatable bonds is 6. The first-order valence-corrected chi connectivity index (χ1v) is 13.9. The molecule has 0 unspecified atom stereocenters. The zero-order valence-corrected chi connectivity index (χ0v) is 23.1. The number of amides is 2. The van der Waals surface area contributed by atoms with Crippen molar-refractivity contribution in [3.05, 3.63) is 30.2 Å². The number of aromatic amines is 1. The maximum atomic E-state index is 13.3. The molecule has 40 heavy (non-hydrogen) atoms. The number of hydrogen-bond acceptors (Lipinski definition) is 8. The fraction of sp³-hybridized carbons (Fsp3) is 0.517. The number of carbonyl (C=O) groups is 2. The van der Waals surface area contributed by atoms with Crippen LogP contribution in [-0.2, 0) is 4.74 Å². The summed E-state index contributed by atoms with van der Waals surface area (Å²) in [6.45, 7) is 7.34. The summed E-state index contributed by atoms with van der Waals surface area (Å²) in [6.07, 6.45) is 7.65. The maximum Gasteiger partial charge on any atom is 0.410 e. The number of fused-ring (bicyclic) bond motifs is 2. The van der Waals surface area contributed by atoms with Gasteiger partial charge in [-0.05, 0) is 64.5 Å². The van der Waals surface area contributed by atoms with Gasteiger partial charge in [-0.3, -0.25) is 4.79 Å². The van der Waals surface area contributed by atoms with Crippen LogP contribution in [0.4, 0.5) is 4.79 Å². The number of hydrogen-bond donors (Lipinski definition) is 2. The second kappa shape index (κ2) is 10.5. The van der Waals surface area contributed by atoms with E-state index in [0.717, 1.165) is 0 Å². The molecular formula is C29H35N5O6. The summed E-state index contributed by atoms with van der Waals surface area (Å²) < 4.78 is 23.2. The van der Waals surface area contributed by atoms with Gasteiger partial charge in [-0.1, -0.05) is 6.42 Å². The molecule has 3 aliphatic rings. The Bertz CT molecular complexity index is 1420. The van der Waals surface area contributed by atoms with Gasteiger partial charge < -0.3 is 34.1 Å². The van der Waals surface area contributed by atoms with Crippen molar-refractivity contribution in [1.29, 1.82) is 0 Å². The third-order valence-corrected chi connectivity index (χ3v) is 7.63. The molecule has 1 aliphatic carbocycles. The lowest BCUT2D eigenvalue weighted by Crippen LogP contribution is -2.47. The number of aromatic nitrogens is 3. The highest BCUT2D eigenvalue weighted by Crippen LogP contribution is 2.48. The molecule has 2 amide bonds. The number of benzene rings is 1. The Kier molecular flexibility index (Phi) is 6.89. The number of ether oxygens (including phenoxy) is 4. The minimum Gasteiger partial charge on any atom is -0.492 e. The van der Waals surface area contributed by atoms with Crippen molar-refractivity contribution in [1.82, 2.24) is 25.2 Å². The molecule has 1 saturated carbocycles. The molecule has 2 fully saturated rings. The van der Waals surface area contributed by atoms with E-state index in [1.165, 1.54) is 25.6 Å². The number of nitrogens with one attached hydrogen (secondary N) is 2. The second-order valence-electron chi connectivity index (χ2n) is 11.6. The van der Waals surface area contributed by atoms with Crippen molar-refractivity contribution in [3.63, 3.8) is 0 Å². The molecule has 11 heteroatoms. The lowest BCUT2D eigenvalue weighted by atomic mass is 9.86. The molecule has 0 atom stereocenters. The maximum absolute atomic E-state index is 13.3. The molecule has 1 aromatic carbocycles. The number of likely N-dealkylation sites (tertiary alicyclic amines) is 1. The van der Waals surface area contributed by atoms with Crippen LogP contribution in [0.2, 0.25) is 0 Å². The first-order chi connectivity index (χ1) is 19.3. The van der Waals surface area contributed by atoms with E-state index in [4.69, 9.17) is 18.9 Å². The summed E-state index contributed by atoms with van der Waals surface area (Å²) in [5.41, 5.74) is 2.28. The minimum absolute atomic E-state index is 0.0631. The van der Waals surface area contributed by atoms with E-state index in [-0.39, 0.29) is 24.8 Å². The van der Waals surface area contributed by atoms with Gasteiger partial charge in [0.1, 0.15) is 28.9 Å². The lowest BCUT2D eigenvalue weighted by Gasteiger charge is -2.33. The molecule has 2 N–H and O–H groups in total. The highest BCUT2D eigenvalue weighted by molar-refractivity contribution is 6.08. The summed E-state index contributed by atoms with van der Waals surface area (Å²) >= 11 is 0. The van der Waals surface area contributed by atoms with Gasteiger partial charge in [0.25, 0.3) is 5.91 Å². The largest absolute Gasteiger partial charge is 0.492 e. The van der Waals surface area contributed by atoms with Crippen LogP contribution in [0.15, 0.2) is 24.7 Å². The molecule has 212 valence electrons. The average molecular weight is 550 g/mol. The molecular weight excluding hydrogens is 514 g/mol. The first kappa shape index (κ1) is 26.2. The Hall–Kier alpha value is -4.02. The summed E-state index contributed by atoms with van der Waals surface area (Å²) in [4.78, 5) is 39.7. The monoisotopic (exact) mass is 549 g/mol. The van der Waals surface area contributed by atoms with Crippen LogP contribution in [0.5, 0.6) is 17.2 Å². The second-order valence-corrected chi connectivity index (χ2v) is 11.6. The summed E-state index contributed by atoms with van der Waals surface area (Å²) in [7, 11) is 0. The SMILES string of the molecule is CC(C)(C)OC(=O)N1CCC(NC(=O)c2c[nH]c3c(-c4c(OCC5CCC5)ccc5c4OCO5)ncnc23)CC1. The van der Waals surface area contributed by atoms with Crippen molar-refractivity contribution >= 4 is 23.0 Å². The third kappa shape index (κ3) is 5.24. The molecule has 0 radical (unpaired) electrons. The van der Waals surface area contributed by atoms with Crippen molar-refractivity contribution in [2.24, 2.45) is 5.92 Å². The summed E-state index contributed by atoms with van der Waals surface area (Å²) in [5, 5.41) is 3.11. The van der Waals surface area contributed by atoms with Gasteiger partial charge in [0.05, 0.1) is 23.3 Å². The first-order valence-electron chi connectivity index (χ1n) is 13.9. The average Bonchev–Trinajstić information content (AvgIpc) is 3.54. The molecule has 0 bridgehead atoms. The third-order valence-electron chi connectivity index (χ3n) is 7.63. The predicted molar refractivity (Wildman–Crippen MR) is 147 cm³/mol. The smallest absolute Gasteiger partial charge is 0.410 e. The van der Waals surface area contributed by atoms with E-state index >= 15 is 0 Å². The van der Waals surface area contributed by atoms with Crippen molar-refractivity contribution in [3.8, 4) is 28.5 Å². The molecule has 6 rings (SSSR count). The van der Waals surface area contributed by atoms with Gasteiger partial charge in [0.2, 0.25) is 6.79 Å². The van der Waals surface area contributed by atoms with Gasteiger partial charge in [0.15, 0.2) is 11.5 Å². The Morgan fingerprint density at radius 3 is 2.65 bits per heavy atom. The Morgan fingerprint density at radius 1 is 1.12 bits per heavy atom. The number of H-pyrrole nitrogens is 1. The van der Waals surface area contributed by atoms with Gasteiger partial charge in [0, 0.05) is 25.3 Å². The summed E-state index contributed by atoms with van der Waals surface area (Å²) in [5.74, 6) is 2.18. The molecule has 2 aliphatic heterocycles. The van der Waals surface area contributed by atoms with Crippen LogP contribution in [0.25, 0.3) is 22.3 Å². The fourth-order valence-electron chi connectivity index (χ4n) is 5.26. The van der Waals surface area contributed by atoms with Crippen LogP contribution in [0, 0.1) is 5.92 Å². The zero-order valence-electron chi connectivity index (χ0n) is 23.1. The molecule has 2 aromatic heterocycles. The number of piperidine rings is 1. The van der Waals surface area contributed by atoms with E-state index in [1.54, 1.807) is 11.1 Å². The van der Waals surface area contributed by atoms with Crippen molar-refractivity contribution < 1.29 is 28.5 Å². The van der Waals surface area contributed by atoms with Crippen LogP contribution >= 0.6 is 0 Å². The normalized spacial score (nSPS) is 17.5. The number of nitrogens with zero attached hydrogens (tertiary/aromatic N) is 3. The molecule has 11 nitrogen and oxygen atoms in total. The molecule has 1 saturated heterocycles. The van der Waals surface area contributed by atoms with E-state index in [2.05, 4.69) is 20.3 Å².